The molecule has 238 valence electrons. The van der Waals surface area contributed by atoms with E-state index in [2.05, 4.69) is 0 Å². The Morgan fingerprint density at radius 3 is 0.761 bits per heavy atom. The first-order valence-corrected chi connectivity index (χ1v) is 17.3. The van der Waals surface area contributed by atoms with Crippen molar-refractivity contribution in [2.24, 2.45) is 0 Å². The molecule has 0 unspecified atom stereocenters. The number of hydrogen-bond donors (Lipinski definition) is 0. The van der Waals surface area contributed by atoms with E-state index >= 15 is 0 Å². The topological polar surface area (TPSA) is 55.4 Å². The Morgan fingerprint density at radius 2 is 0.522 bits per heavy atom. The van der Waals surface area contributed by atoms with E-state index in [4.69, 9.17) is 27.1 Å². The lowest BCUT2D eigenvalue weighted by atomic mass is 10.1. The van der Waals surface area contributed by atoms with Crippen LogP contribution >= 0.6 is 17.2 Å². The SMILES string of the molecule is Cc1cccc(C)c1OP(Oc1cccc(OP(Oc2c(C)cccc2C)Oc2c(C)cccc2C)c1)Oc1c(C)cccc1C. The maximum absolute atomic E-state index is 6.46. The maximum Gasteiger partial charge on any atom is 0.530 e. The molecule has 0 N–H and O–H groups in total. The number of benzene rings is 5. The van der Waals surface area contributed by atoms with Gasteiger partial charge in [0.05, 0.1) is 0 Å². The zero-order valence-corrected chi connectivity index (χ0v) is 29.4. The summed E-state index contributed by atoms with van der Waals surface area (Å²) >= 11 is 0. The van der Waals surface area contributed by atoms with E-state index in [0.717, 1.165) is 67.5 Å². The van der Waals surface area contributed by atoms with Crippen LogP contribution in [-0.4, -0.2) is 0 Å². The van der Waals surface area contributed by atoms with E-state index in [1.807, 2.05) is 146 Å². The standard InChI is InChI=1S/C38H40O6P2/c1-25-14-9-15-26(2)35(25)41-45(42-36-27(3)16-10-17-28(36)4)39-33-22-13-23-34(24-33)40-46(43-37-29(5)18-11-19-30(37)6)44-38-31(7)20-12-21-32(38)8/h9-24H,1-8H3. The summed E-state index contributed by atoms with van der Waals surface area (Å²) in [5, 5.41) is 0. The van der Waals surface area contributed by atoms with E-state index in [1.54, 1.807) is 6.07 Å². The van der Waals surface area contributed by atoms with Crippen LogP contribution in [0.3, 0.4) is 0 Å². The van der Waals surface area contributed by atoms with Crippen LogP contribution in [0.25, 0.3) is 0 Å². The van der Waals surface area contributed by atoms with Crippen LogP contribution in [0.2, 0.25) is 0 Å². The minimum Gasteiger partial charge on any atom is -0.408 e. The van der Waals surface area contributed by atoms with Crippen molar-refractivity contribution in [1.82, 2.24) is 0 Å². The highest BCUT2D eigenvalue weighted by atomic mass is 31.2. The fourth-order valence-electron chi connectivity index (χ4n) is 4.94. The average molecular weight is 655 g/mol. The molecule has 0 atom stereocenters. The molecule has 0 saturated carbocycles. The average Bonchev–Trinajstić information content (AvgIpc) is 3.01. The highest BCUT2D eigenvalue weighted by molar-refractivity contribution is 7.43. The first kappa shape index (κ1) is 33.1. The molecule has 0 bridgehead atoms. The third-order valence-corrected chi connectivity index (χ3v) is 9.51. The second-order valence-corrected chi connectivity index (χ2v) is 13.3. The normalized spacial score (nSPS) is 11.0. The van der Waals surface area contributed by atoms with Gasteiger partial charge in [-0.3, -0.25) is 0 Å². The van der Waals surface area contributed by atoms with Gasteiger partial charge in [0.15, 0.2) is 0 Å². The predicted molar refractivity (Wildman–Crippen MR) is 188 cm³/mol. The van der Waals surface area contributed by atoms with Crippen LogP contribution in [0.1, 0.15) is 44.5 Å². The van der Waals surface area contributed by atoms with Gasteiger partial charge in [-0.25, -0.2) is 0 Å². The third kappa shape index (κ3) is 8.12. The van der Waals surface area contributed by atoms with Gasteiger partial charge in [0, 0.05) is 6.07 Å². The Labute approximate surface area is 275 Å². The van der Waals surface area contributed by atoms with E-state index in [-0.39, 0.29) is 0 Å². The minimum absolute atomic E-state index is 0.523. The number of aryl methyl sites for hydroxylation is 8. The van der Waals surface area contributed by atoms with Crippen LogP contribution in [-0.2, 0) is 0 Å². The van der Waals surface area contributed by atoms with Gasteiger partial charge in [0.2, 0.25) is 0 Å². The zero-order valence-electron chi connectivity index (χ0n) is 27.6. The van der Waals surface area contributed by atoms with Crippen molar-refractivity contribution in [1.29, 1.82) is 0 Å². The van der Waals surface area contributed by atoms with Gasteiger partial charge >= 0.3 is 17.2 Å². The number of hydrogen-bond acceptors (Lipinski definition) is 6. The number of rotatable bonds is 12. The predicted octanol–water partition coefficient (Wildman–Crippen LogP) is 11.7. The second-order valence-electron chi connectivity index (χ2n) is 11.4. The molecule has 46 heavy (non-hydrogen) atoms. The summed E-state index contributed by atoms with van der Waals surface area (Å²) in [4.78, 5) is 0. The van der Waals surface area contributed by atoms with Crippen LogP contribution in [0, 0.1) is 55.4 Å². The van der Waals surface area contributed by atoms with Crippen molar-refractivity contribution in [3.8, 4) is 34.5 Å². The van der Waals surface area contributed by atoms with E-state index in [0.29, 0.717) is 11.5 Å². The van der Waals surface area contributed by atoms with Gasteiger partial charge in [-0.05, 0) is 112 Å². The molecule has 8 heteroatoms. The van der Waals surface area contributed by atoms with Crippen molar-refractivity contribution < 1.29 is 27.1 Å². The maximum atomic E-state index is 6.46. The molecule has 0 heterocycles. The van der Waals surface area contributed by atoms with Crippen molar-refractivity contribution in [3.05, 3.63) is 142 Å². The molecule has 0 fully saturated rings. The molecule has 0 amide bonds. The summed E-state index contributed by atoms with van der Waals surface area (Å²) in [6.07, 6.45) is 0. The lowest BCUT2D eigenvalue weighted by Crippen LogP contribution is -2.07. The molecule has 6 nitrogen and oxygen atoms in total. The molecule has 5 aromatic rings. The first-order chi connectivity index (χ1) is 22.1. The van der Waals surface area contributed by atoms with Crippen molar-refractivity contribution >= 4 is 17.2 Å². The molecular formula is C38H40O6P2. The summed E-state index contributed by atoms with van der Waals surface area (Å²) in [5.41, 5.74) is 7.97. The second kappa shape index (κ2) is 14.9. The Bertz CT molecular complexity index is 1510. The Kier molecular flexibility index (Phi) is 10.7. The van der Waals surface area contributed by atoms with Gasteiger partial charge in [0.1, 0.15) is 34.5 Å². The zero-order chi connectivity index (χ0) is 32.8. The van der Waals surface area contributed by atoms with Crippen molar-refractivity contribution in [2.75, 3.05) is 0 Å². The molecule has 5 rings (SSSR count). The largest absolute Gasteiger partial charge is 0.530 e. The molecule has 0 aliphatic rings. The van der Waals surface area contributed by atoms with Gasteiger partial charge in [-0.1, -0.05) is 78.9 Å². The smallest absolute Gasteiger partial charge is 0.408 e. The lowest BCUT2D eigenvalue weighted by Gasteiger charge is -2.23. The van der Waals surface area contributed by atoms with Gasteiger partial charge in [-0.2, -0.15) is 0 Å². The highest BCUT2D eigenvalue weighted by Gasteiger charge is 2.26. The summed E-state index contributed by atoms with van der Waals surface area (Å²) in [6.45, 7) is 16.1. The molecule has 0 saturated heterocycles. The quantitative estimate of drug-likeness (QED) is 0.125. The van der Waals surface area contributed by atoms with Crippen molar-refractivity contribution in [3.63, 3.8) is 0 Å². The van der Waals surface area contributed by atoms with Gasteiger partial charge in [-0.15, -0.1) is 0 Å². The Balaban J connectivity index is 1.44. The fraction of sp³-hybridized carbons (Fsp3) is 0.211. The molecule has 0 aromatic heterocycles. The molecule has 5 aromatic carbocycles. The third-order valence-electron chi connectivity index (χ3n) is 7.46. The first-order valence-electron chi connectivity index (χ1n) is 15.1. The van der Waals surface area contributed by atoms with Gasteiger partial charge < -0.3 is 27.1 Å². The Morgan fingerprint density at radius 1 is 0.304 bits per heavy atom. The summed E-state index contributed by atoms with van der Waals surface area (Å²) in [6, 6.07) is 31.5. The monoisotopic (exact) mass is 654 g/mol. The van der Waals surface area contributed by atoms with Crippen LogP contribution < -0.4 is 27.1 Å². The van der Waals surface area contributed by atoms with Crippen molar-refractivity contribution in [2.45, 2.75) is 55.4 Å². The van der Waals surface area contributed by atoms with E-state index in [9.17, 15) is 0 Å². The molecule has 0 aliphatic heterocycles. The van der Waals surface area contributed by atoms with Crippen LogP contribution in [0.4, 0.5) is 0 Å². The van der Waals surface area contributed by atoms with E-state index < -0.39 is 17.2 Å². The van der Waals surface area contributed by atoms with Crippen LogP contribution in [0.5, 0.6) is 34.5 Å². The van der Waals surface area contributed by atoms with Crippen LogP contribution in [0.15, 0.2) is 97.1 Å². The molecule has 0 radical (unpaired) electrons. The molecular weight excluding hydrogens is 614 g/mol. The lowest BCUT2D eigenvalue weighted by molar-refractivity contribution is 0.377. The summed E-state index contributed by atoms with van der Waals surface area (Å²) in [7, 11) is -3.79. The highest BCUT2D eigenvalue weighted by Crippen LogP contribution is 2.49. The fourth-order valence-corrected chi connectivity index (χ4v) is 7.49. The Hall–Kier alpha value is -4.24. The van der Waals surface area contributed by atoms with E-state index in [1.165, 1.54) is 0 Å². The molecule has 0 spiro atoms. The summed E-state index contributed by atoms with van der Waals surface area (Å²) < 4.78 is 38.7. The summed E-state index contributed by atoms with van der Waals surface area (Å²) in [5.74, 6) is 3.99. The molecule has 0 aliphatic carbocycles. The number of para-hydroxylation sites is 4. The van der Waals surface area contributed by atoms with Gasteiger partial charge in [0.25, 0.3) is 0 Å². The minimum atomic E-state index is -1.90.